The van der Waals surface area contributed by atoms with Gasteiger partial charge >= 0.3 is 0 Å². The normalized spacial score (nSPS) is 12.9. The Bertz CT molecular complexity index is 1240. The zero-order valence-corrected chi connectivity index (χ0v) is 15.6. The van der Waals surface area contributed by atoms with Crippen LogP contribution in [0.4, 0.5) is 0 Å². The van der Waals surface area contributed by atoms with Crippen LogP contribution in [-0.2, 0) is 13.0 Å². The largest absolute Gasteiger partial charge is 0.405 e. The predicted octanol–water partition coefficient (Wildman–Crippen LogP) is 2.93. The number of aryl methyl sites for hydroxylation is 2. The first kappa shape index (κ1) is 18.0. The molecule has 142 valence electrons. The smallest absolute Gasteiger partial charge is 0.261 e. The van der Waals surface area contributed by atoms with Crippen molar-refractivity contribution in [1.29, 1.82) is 0 Å². The molecule has 2 aromatic heterocycles. The van der Waals surface area contributed by atoms with Gasteiger partial charge in [-0.05, 0) is 54.9 Å². The van der Waals surface area contributed by atoms with E-state index in [0.29, 0.717) is 28.8 Å². The van der Waals surface area contributed by atoms with E-state index in [1.54, 1.807) is 22.8 Å². The Hall–Kier alpha value is -3.38. The molecule has 0 saturated carbocycles. The average Bonchev–Trinajstić information content (AvgIpc) is 3.11. The van der Waals surface area contributed by atoms with Gasteiger partial charge in [0.15, 0.2) is 0 Å². The number of nitrogens with zero attached hydrogens (tertiary/aromatic N) is 2. The van der Waals surface area contributed by atoms with Gasteiger partial charge in [-0.25, -0.2) is 4.98 Å². The molecule has 4 N–H and O–H groups in total. The average molecular weight is 374 g/mol. The van der Waals surface area contributed by atoms with Crippen LogP contribution < -0.4 is 11.3 Å². The zero-order valence-electron chi connectivity index (χ0n) is 15.6. The predicted molar refractivity (Wildman–Crippen MR) is 111 cm³/mol. The molecule has 6 heteroatoms. The Balaban J connectivity index is 1.67. The van der Waals surface area contributed by atoms with Crippen LogP contribution in [0.1, 0.15) is 23.1 Å². The fourth-order valence-corrected chi connectivity index (χ4v) is 3.58. The molecule has 0 saturated heterocycles. The summed E-state index contributed by atoms with van der Waals surface area (Å²) in [6.45, 7) is 2.38. The lowest BCUT2D eigenvalue weighted by Gasteiger charge is -2.12. The van der Waals surface area contributed by atoms with Gasteiger partial charge in [-0.15, -0.1) is 0 Å². The topological polar surface area (TPSA) is 96.9 Å². The molecule has 0 amide bonds. The Morgan fingerprint density at radius 2 is 2.07 bits per heavy atom. The van der Waals surface area contributed by atoms with Crippen molar-refractivity contribution >= 4 is 21.8 Å². The highest BCUT2D eigenvalue weighted by Crippen LogP contribution is 2.20. The molecule has 2 aromatic carbocycles. The molecule has 2 heterocycles. The number of aromatic nitrogens is 3. The molecule has 0 aliphatic heterocycles. The van der Waals surface area contributed by atoms with Crippen molar-refractivity contribution in [2.24, 2.45) is 5.73 Å². The molecule has 0 fully saturated rings. The first-order valence-corrected chi connectivity index (χ1v) is 9.21. The third-order valence-corrected chi connectivity index (χ3v) is 5.08. The van der Waals surface area contributed by atoms with E-state index in [1.165, 1.54) is 23.2 Å². The summed E-state index contributed by atoms with van der Waals surface area (Å²) in [5.74, 6) is 0.651. The van der Waals surface area contributed by atoms with Gasteiger partial charge in [-0.1, -0.05) is 24.3 Å². The zero-order chi connectivity index (χ0) is 19.7. The number of aliphatic hydroxyl groups excluding tert-OH is 1. The van der Waals surface area contributed by atoms with Crippen LogP contribution in [0.15, 0.2) is 65.7 Å². The van der Waals surface area contributed by atoms with Gasteiger partial charge in [0, 0.05) is 23.6 Å². The van der Waals surface area contributed by atoms with E-state index in [0.717, 1.165) is 11.9 Å². The minimum absolute atomic E-state index is 0.0715. The fraction of sp³-hybridized carbons (Fsp3) is 0.182. The molecular formula is C22H22N4O2. The molecule has 1 atom stereocenters. The molecule has 4 rings (SSSR count). The molecular weight excluding hydrogens is 352 g/mol. The van der Waals surface area contributed by atoms with Crippen LogP contribution in [0, 0.1) is 6.92 Å². The minimum Gasteiger partial charge on any atom is -0.405 e. The molecule has 0 radical (unpaired) electrons. The van der Waals surface area contributed by atoms with Crippen LogP contribution in [0.2, 0.25) is 0 Å². The number of rotatable bonds is 5. The maximum absolute atomic E-state index is 13.0. The van der Waals surface area contributed by atoms with Gasteiger partial charge in [0.05, 0.1) is 17.0 Å². The number of nitrogens with one attached hydrogen (secondary N) is 1. The monoisotopic (exact) mass is 374 g/mol. The summed E-state index contributed by atoms with van der Waals surface area (Å²) in [7, 11) is 0. The number of hydrogen-bond donors (Lipinski definition) is 3. The van der Waals surface area contributed by atoms with E-state index in [2.05, 4.69) is 16.0 Å². The van der Waals surface area contributed by atoms with E-state index in [4.69, 9.17) is 5.73 Å². The Morgan fingerprint density at radius 1 is 1.25 bits per heavy atom. The lowest BCUT2D eigenvalue weighted by molar-refractivity contribution is 0.228. The maximum Gasteiger partial charge on any atom is 0.261 e. The highest BCUT2D eigenvalue weighted by molar-refractivity contribution is 5.83. The van der Waals surface area contributed by atoms with Crippen molar-refractivity contribution in [2.75, 3.05) is 0 Å². The number of aromatic amines is 1. The second-order valence-corrected chi connectivity index (χ2v) is 6.83. The van der Waals surface area contributed by atoms with Crippen LogP contribution in [0.25, 0.3) is 21.8 Å². The second-order valence-electron chi connectivity index (χ2n) is 6.83. The first-order valence-electron chi connectivity index (χ1n) is 9.21. The Labute approximate surface area is 162 Å². The van der Waals surface area contributed by atoms with E-state index >= 15 is 0 Å². The standard InChI is InChI=1S/C22H22N4O2/c1-14-25-20-12-15(21(27)8-10-23)6-7-18(20)22(28)26(14)11-9-16-13-24-19-5-3-2-4-17(16)19/h2-8,10,12-13,21,24,27H,9,11,23H2,1H3/b10-8+. The lowest BCUT2D eigenvalue weighted by Crippen LogP contribution is -2.25. The molecule has 6 nitrogen and oxygen atoms in total. The maximum atomic E-state index is 13.0. The first-order chi connectivity index (χ1) is 13.6. The summed E-state index contributed by atoms with van der Waals surface area (Å²) < 4.78 is 1.71. The number of aliphatic hydroxyl groups is 1. The van der Waals surface area contributed by atoms with Crippen molar-refractivity contribution < 1.29 is 5.11 Å². The van der Waals surface area contributed by atoms with Crippen molar-refractivity contribution in [2.45, 2.75) is 26.0 Å². The molecule has 1 unspecified atom stereocenters. The van der Waals surface area contributed by atoms with Crippen LogP contribution in [-0.4, -0.2) is 19.6 Å². The Kier molecular flexibility index (Phi) is 4.71. The summed E-state index contributed by atoms with van der Waals surface area (Å²) in [5, 5.41) is 11.8. The number of fused-ring (bicyclic) bond motifs is 2. The highest BCUT2D eigenvalue weighted by atomic mass is 16.3. The van der Waals surface area contributed by atoms with Gasteiger partial charge in [0.1, 0.15) is 5.82 Å². The minimum atomic E-state index is -0.819. The second kappa shape index (κ2) is 7.32. The summed E-state index contributed by atoms with van der Waals surface area (Å²) in [5.41, 5.74) is 8.77. The van der Waals surface area contributed by atoms with Gasteiger partial charge in [0.25, 0.3) is 5.56 Å². The number of H-pyrrole nitrogens is 1. The molecule has 0 spiro atoms. The van der Waals surface area contributed by atoms with Gasteiger partial charge < -0.3 is 15.8 Å². The Morgan fingerprint density at radius 3 is 2.89 bits per heavy atom. The number of benzene rings is 2. The summed E-state index contributed by atoms with van der Waals surface area (Å²) >= 11 is 0. The summed E-state index contributed by atoms with van der Waals surface area (Å²) in [6, 6.07) is 13.3. The molecule has 28 heavy (non-hydrogen) atoms. The van der Waals surface area contributed by atoms with Crippen molar-refractivity contribution in [3.8, 4) is 0 Å². The molecule has 0 aliphatic rings. The summed E-state index contributed by atoms with van der Waals surface area (Å²) in [6.07, 6.45) is 4.70. The van der Waals surface area contributed by atoms with Crippen molar-refractivity contribution in [1.82, 2.24) is 14.5 Å². The quantitative estimate of drug-likeness (QED) is 0.500. The number of nitrogens with two attached hydrogens (primary N) is 1. The molecule has 0 bridgehead atoms. The molecule has 4 aromatic rings. The summed E-state index contributed by atoms with van der Waals surface area (Å²) in [4.78, 5) is 20.9. The molecule has 0 aliphatic carbocycles. The van der Waals surface area contributed by atoms with Crippen LogP contribution in [0.3, 0.4) is 0 Å². The van der Waals surface area contributed by atoms with E-state index in [9.17, 15) is 9.90 Å². The third-order valence-electron chi connectivity index (χ3n) is 5.08. The van der Waals surface area contributed by atoms with Crippen LogP contribution in [0.5, 0.6) is 0 Å². The van der Waals surface area contributed by atoms with Gasteiger partial charge in [0.2, 0.25) is 0 Å². The number of para-hydroxylation sites is 1. The number of hydrogen-bond acceptors (Lipinski definition) is 4. The van der Waals surface area contributed by atoms with Crippen molar-refractivity contribution in [3.05, 3.63) is 88.2 Å². The van der Waals surface area contributed by atoms with Gasteiger partial charge in [-0.3, -0.25) is 9.36 Å². The van der Waals surface area contributed by atoms with Gasteiger partial charge in [-0.2, -0.15) is 0 Å². The lowest BCUT2D eigenvalue weighted by atomic mass is 10.1. The van der Waals surface area contributed by atoms with Crippen LogP contribution >= 0.6 is 0 Å². The SMILES string of the molecule is Cc1nc2cc(C(O)/C=C/N)ccc2c(=O)n1CCc1c[nH]c2ccccc12. The van der Waals surface area contributed by atoms with Crippen molar-refractivity contribution in [3.63, 3.8) is 0 Å². The fourth-order valence-electron chi connectivity index (χ4n) is 3.58. The van der Waals surface area contributed by atoms with E-state index in [1.807, 2.05) is 31.3 Å². The third kappa shape index (κ3) is 3.18. The van der Waals surface area contributed by atoms with E-state index in [-0.39, 0.29) is 5.56 Å². The van der Waals surface area contributed by atoms with E-state index < -0.39 is 6.10 Å². The highest BCUT2D eigenvalue weighted by Gasteiger charge is 2.12.